The number of ether oxygens (including phenoxy) is 1. The van der Waals surface area contributed by atoms with Crippen molar-refractivity contribution in [1.82, 2.24) is 5.16 Å². The van der Waals surface area contributed by atoms with Crippen LogP contribution in [0.4, 0.5) is 5.82 Å². The lowest BCUT2D eigenvalue weighted by Gasteiger charge is -2.11. The van der Waals surface area contributed by atoms with Crippen molar-refractivity contribution in [1.29, 1.82) is 0 Å². The van der Waals surface area contributed by atoms with Gasteiger partial charge < -0.3 is 9.26 Å². The van der Waals surface area contributed by atoms with Gasteiger partial charge in [-0.1, -0.05) is 35.8 Å². The highest BCUT2D eigenvalue weighted by molar-refractivity contribution is 7.92. The van der Waals surface area contributed by atoms with Crippen molar-refractivity contribution in [3.05, 3.63) is 47.0 Å². The molecule has 1 heterocycles. The molecule has 0 spiro atoms. The highest BCUT2D eigenvalue weighted by Gasteiger charge is 2.23. The monoisotopic (exact) mass is 366 g/mol. The molecule has 3 aromatic rings. The van der Waals surface area contributed by atoms with Crippen molar-refractivity contribution in [2.45, 2.75) is 18.2 Å². The number of nitrogens with zero attached hydrogens (tertiary/aromatic N) is 1. The van der Waals surface area contributed by atoms with Crippen LogP contribution < -0.4 is 9.46 Å². The van der Waals surface area contributed by atoms with Gasteiger partial charge in [-0.05, 0) is 36.2 Å². The number of anilines is 1. The van der Waals surface area contributed by atoms with E-state index in [0.717, 1.165) is 5.56 Å². The summed E-state index contributed by atoms with van der Waals surface area (Å²) in [5.74, 6) is 0.290. The topological polar surface area (TPSA) is 81.4 Å². The third-order valence-corrected chi connectivity index (χ3v) is 5.28. The molecule has 0 fully saturated rings. The lowest BCUT2D eigenvalue weighted by atomic mass is 10.2. The van der Waals surface area contributed by atoms with Crippen LogP contribution in [0, 0.1) is 0 Å². The summed E-state index contributed by atoms with van der Waals surface area (Å²) in [6.45, 7) is 1.94. The summed E-state index contributed by atoms with van der Waals surface area (Å²) in [5, 5.41) is 4.53. The van der Waals surface area contributed by atoms with Gasteiger partial charge in [0.05, 0.1) is 17.5 Å². The molecule has 6 nitrogen and oxygen atoms in total. The number of methoxy groups -OCH3 is 1. The van der Waals surface area contributed by atoms with Crippen LogP contribution >= 0.6 is 11.6 Å². The minimum absolute atomic E-state index is 0.0348. The molecule has 3 rings (SSSR count). The van der Waals surface area contributed by atoms with Crippen LogP contribution in [0.5, 0.6) is 5.75 Å². The molecular formula is C16H15ClN2O4S. The summed E-state index contributed by atoms with van der Waals surface area (Å²) in [6, 6.07) is 10.0. The molecule has 0 radical (unpaired) electrons. The maximum absolute atomic E-state index is 12.8. The first-order valence-electron chi connectivity index (χ1n) is 7.20. The molecule has 8 heteroatoms. The third-order valence-electron chi connectivity index (χ3n) is 3.60. The van der Waals surface area contributed by atoms with Crippen molar-refractivity contribution in [2.24, 2.45) is 0 Å². The standard InChI is InChI=1S/C16H15ClN2O4S/c1-3-10-7-8-12(22-2)14(9-10)24(20,21)19-16-15-11(17)5-4-6-13(15)23-18-16/h4-9H,3H2,1-2H3,(H,18,19). The lowest BCUT2D eigenvalue weighted by Crippen LogP contribution is -2.15. The van der Waals surface area contributed by atoms with Crippen molar-refractivity contribution in [3.63, 3.8) is 0 Å². The molecule has 0 aliphatic rings. The average Bonchev–Trinajstić information content (AvgIpc) is 2.98. The Kier molecular flexibility index (Phi) is 4.38. The molecule has 0 aliphatic carbocycles. The molecule has 0 amide bonds. The fourth-order valence-corrected chi connectivity index (χ4v) is 3.84. The van der Waals surface area contributed by atoms with Crippen LogP contribution in [0.2, 0.25) is 5.02 Å². The summed E-state index contributed by atoms with van der Waals surface area (Å²) in [4.78, 5) is 0.0348. The molecule has 1 N–H and O–H groups in total. The predicted molar refractivity (Wildman–Crippen MR) is 92.2 cm³/mol. The van der Waals surface area contributed by atoms with Gasteiger partial charge in [-0.25, -0.2) is 8.42 Å². The summed E-state index contributed by atoms with van der Waals surface area (Å²) < 4.78 is 38.3. The largest absolute Gasteiger partial charge is 0.495 e. The number of halogens is 1. The van der Waals surface area contributed by atoms with Gasteiger partial charge in [0.25, 0.3) is 10.0 Å². The molecule has 1 aromatic heterocycles. The van der Waals surface area contributed by atoms with Gasteiger partial charge >= 0.3 is 0 Å². The van der Waals surface area contributed by atoms with Gasteiger partial charge in [0, 0.05) is 0 Å². The fourth-order valence-electron chi connectivity index (χ4n) is 2.35. The zero-order chi connectivity index (χ0) is 17.3. The average molecular weight is 367 g/mol. The van der Waals surface area contributed by atoms with Crippen LogP contribution in [0.25, 0.3) is 11.0 Å². The predicted octanol–water partition coefficient (Wildman–Crippen LogP) is 3.85. The fraction of sp³-hybridized carbons (Fsp3) is 0.188. The molecule has 0 aliphatic heterocycles. The quantitative estimate of drug-likeness (QED) is 0.741. The second-order valence-electron chi connectivity index (χ2n) is 5.09. The molecule has 0 bridgehead atoms. The Bertz CT molecular complexity index is 998. The Morgan fingerprint density at radius 1 is 1.29 bits per heavy atom. The zero-order valence-corrected chi connectivity index (χ0v) is 14.6. The molecular weight excluding hydrogens is 352 g/mol. The number of aryl methyl sites for hydroxylation is 1. The van der Waals surface area contributed by atoms with Crippen molar-refractivity contribution in [2.75, 3.05) is 11.8 Å². The number of rotatable bonds is 5. The van der Waals surface area contributed by atoms with E-state index in [9.17, 15) is 8.42 Å². The minimum atomic E-state index is -3.92. The molecule has 126 valence electrons. The Morgan fingerprint density at radius 2 is 2.08 bits per heavy atom. The second kappa shape index (κ2) is 6.33. The van der Waals surface area contributed by atoms with Gasteiger partial charge in [-0.3, -0.25) is 4.72 Å². The Labute approximate surface area is 144 Å². The Hall–Kier alpha value is -2.25. The number of hydrogen-bond acceptors (Lipinski definition) is 5. The molecule has 0 unspecified atom stereocenters. The maximum Gasteiger partial charge on any atom is 0.266 e. The number of benzene rings is 2. The van der Waals surface area contributed by atoms with E-state index in [1.54, 1.807) is 30.3 Å². The van der Waals surface area contributed by atoms with Crippen molar-refractivity contribution in [3.8, 4) is 5.75 Å². The third kappa shape index (κ3) is 2.92. The van der Waals surface area contributed by atoms with E-state index in [-0.39, 0.29) is 16.5 Å². The Morgan fingerprint density at radius 3 is 2.79 bits per heavy atom. The van der Waals surface area contributed by atoms with Crippen LogP contribution in [0.3, 0.4) is 0 Å². The second-order valence-corrected chi connectivity index (χ2v) is 7.15. The number of nitrogens with one attached hydrogen (secondary N) is 1. The summed E-state index contributed by atoms with van der Waals surface area (Å²) in [6.07, 6.45) is 0.700. The van der Waals surface area contributed by atoms with E-state index in [4.69, 9.17) is 20.9 Å². The van der Waals surface area contributed by atoms with E-state index >= 15 is 0 Å². The summed E-state index contributed by atoms with van der Waals surface area (Å²) in [5.41, 5.74) is 1.27. The highest BCUT2D eigenvalue weighted by atomic mass is 35.5. The van der Waals surface area contributed by atoms with Gasteiger partial charge in [0.1, 0.15) is 10.6 Å². The van der Waals surface area contributed by atoms with Crippen LogP contribution in [-0.4, -0.2) is 20.7 Å². The molecule has 0 atom stereocenters. The first-order chi connectivity index (χ1) is 11.5. The van der Waals surface area contributed by atoms with Gasteiger partial charge in [-0.15, -0.1) is 0 Å². The van der Waals surface area contributed by atoms with Crippen LogP contribution in [-0.2, 0) is 16.4 Å². The summed E-state index contributed by atoms with van der Waals surface area (Å²) in [7, 11) is -2.50. The SMILES string of the molecule is CCc1ccc(OC)c(S(=O)(=O)Nc2noc3cccc(Cl)c23)c1. The number of sulfonamides is 1. The zero-order valence-electron chi connectivity index (χ0n) is 13.0. The van der Waals surface area contributed by atoms with Gasteiger partial charge in [-0.2, -0.15) is 0 Å². The first kappa shape index (κ1) is 16.6. The highest BCUT2D eigenvalue weighted by Crippen LogP contribution is 2.33. The molecule has 2 aromatic carbocycles. The van der Waals surface area contributed by atoms with E-state index in [1.165, 1.54) is 7.11 Å². The number of fused-ring (bicyclic) bond motifs is 1. The van der Waals surface area contributed by atoms with Crippen LogP contribution in [0.15, 0.2) is 45.8 Å². The van der Waals surface area contributed by atoms with Crippen molar-refractivity contribution < 1.29 is 17.7 Å². The Balaban J connectivity index is 2.08. The molecule has 0 saturated heterocycles. The van der Waals surface area contributed by atoms with Gasteiger partial charge in [0.2, 0.25) is 0 Å². The molecule has 24 heavy (non-hydrogen) atoms. The van der Waals surface area contributed by atoms with E-state index in [2.05, 4.69) is 9.88 Å². The lowest BCUT2D eigenvalue weighted by molar-refractivity contribution is 0.402. The van der Waals surface area contributed by atoms with E-state index in [0.29, 0.717) is 22.4 Å². The first-order valence-corrected chi connectivity index (χ1v) is 9.06. The number of hydrogen-bond donors (Lipinski definition) is 1. The molecule has 0 saturated carbocycles. The number of aromatic nitrogens is 1. The minimum Gasteiger partial charge on any atom is -0.495 e. The van der Waals surface area contributed by atoms with Crippen molar-refractivity contribution >= 4 is 38.4 Å². The van der Waals surface area contributed by atoms with Crippen LogP contribution in [0.1, 0.15) is 12.5 Å². The maximum atomic E-state index is 12.8. The van der Waals surface area contributed by atoms with E-state index in [1.807, 2.05) is 13.0 Å². The smallest absolute Gasteiger partial charge is 0.266 e. The van der Waals surface area contributed by atoms with Gasteiger partial charge in [0.15, 0.2) is 11.4 Å². The van der Waals surface area contributed by atoms with E-state index < -0.39 is 10.0 Å². The summed E-state index contributed by atoms with van der Waals surface area (Å²) >= 11 is 6.13. The normalized spacial score (nSPS) is 11.6.